The zero-order chi connectivity index (χ0) is 9.42. The van der Waals surface area contributed by atoms with Gasteiger partial charge in [-0.05, 0) is 6.07 Å². The molecule has 70 valence electrons. The SMILES string of the molecule is Nc1ccc2c(c1O)OCC[C@@H]2N. The fourth-order valence-corrected chi connectivity index (χ4v) is 1.49. The number of fused-ring (bicyclic) bond motifs is 1. The number of hydrogen-bond donors (Lipinski definition) is 3. The minimum atomic E-state index is -0.0600. The standard InChI is InChI=1S/C9H12N2O2/c10-6-3-4-13-9-5(6)1-2-7(11)8(9)12/h1-2,6,12H,3-4,10-11H2/t6-/m0/s1. The highest BCUT2D eigenvalue weighted by atomic mass is 16.5. The normalized spacial score (nSPS) is 20.5. The van der Waals surface area contributed by atoms with E-state index in [0.717, 1.165) is 12.0 Å². The topological polar surface area (TPSA) is 81.5 Å². The van der Waals surface area contributed by atoms with Crippen LogP contribution in [0.1, 0.15) is 18.0 Å². The predicted molar refractivity (Wildman–Crippen MR) is 49.6 cm³/mol. The summed E-state index contributed by atoms with van der Waals surface area (Å²) in [5.41, 5.74) is 12.5. The second kappa shape index (κ2) is 2.81. The molecule has 1 atom stereocenters. The molecular formula is C9H12N2O2. The van der Waals surface area contributed by atoms with E-state index in [-0.39, 0.29) is 11.8 Å². The number of rotatable bonds is 0. The van der Waals surface area contributed by atoms with Crippen molar-refractivity contribution in [3.8, 4) is 11.5 Å². The van der Waals surface area contributed by atoms with Gasteiger partial charge in [-0.15, -0.1) is 0 Å². The Morgan fingerprint density at radius 1 is 1.46 bits per heavy atom. The Morgan fingerprint density at radius 3 is 3.00 bits per heavy atom. The van der Waals surface area contributed by atoms with Crippen LogP contribution in [-0.4, -0.2) is 11.7 Å². The fraction of sp³-hybridized carbons (Fsp3) is 0.333. The molecule has 4 nitrogen and oxygen atoms in total. The highest BCUT2D eigenvalue weighted by molar-refractivity contribution is 5.63. The predicted octanol–water partition coefficient (Wildman–Crippen LogP) is 0.757. The third-order valence-corrected chi connectivity index (χ3v) is 2.27. The van der Waals surface area contributed by atoms with Gasteiger partial charge in [0.2, 0.25) is 0 Å². The van der Waals surface area contributed by atoms with Gasteiger partial charge in [0, 0.05) is 18.0 Å². The maximum absolute atomic E-state index is 9.56. The minimum Gasteiger partial charge on any atom is -0.503 e. The molecular weight excluding hydrogens is 168 g/mol. The van der Waals surface area contributed by atoms with Crippen molar-refractivity contribution < 1.29 is 9.84 Å². The van der Waals surface area contributed by atoms with E-state index in [4.69, 9.17) is 16.2 Å². The average molecular weight is 180 g/mol. The van der Waals surface area contributed by atoms with Crippen LogP contribution in [0.3, 0.4) is 0 Å². The summed E-state index contributed by atoms with van der Waals surface area (Å²) in [6.07, 6.45) is 0.774. The van der Waals surface area contributed by atoms with E-state index in [1.807, 2.05) is 0 Å². The van der Waals surface area contributed by atoms with Crippen molar-refractivity contribution in [3.63, 3.8) is 0 Å². The molecule has 0 aliphatic carbocycles. The zero-order valence-electron chi connectivity index (χ0n) is 7.16. The molecule has 1 aromatic carbocycles. The summed E-state index contributed by atoms with van der Waals surface area (Å²) in [4.78, 5) is 0. The zero-order valence-corrected chi connectivity index (χ0v) is 7.16. The summed E-state index contributed by atoms with van der Waals surface area (Å²) >= 11 is 0. The van der Waals surface area contributed by atoms with Crippen molar-refractivity contribution in [3.05, 3.63) is 17.7 Å². The molecule has 0 unspecified atom stereocenters. The summed E-state index contributed by atoms with van der Waals surface area (Å²) in [6, 6.07) is 3.38. The Bertz CT molecular complexity index is 339. The van der Waals surface area contributed by atoms with Crippen LogP contribution >= 0.6 is 0 Å². The molecule has 4 heteroatoms. The lowest BCUT2D eigenvalue weighted by molar-refractivity contribution is 0.256. The molecule has 1 aliphatic rings. The Balaban J connectivity index is 2.56. The van der Waals surface area contributed by atoms with Crippen LogP contribution in [0.5, 0.6) is 11.5 Å². The number of phenolic OH excluding ortho intramolecular Hbond substituents is 1. The number of aromatic hydroxyl groups is 1. The average Bonchev–Trinajstić information content (AvgIpc) is 2.12. The quantitative estimate of drug-likeness (QED) is 0.406. The third-order valence-electron chi connectivity index (χ3n) is 2.27. The minimum absolute atomic E-state index is 0.00708. The van der Waals surface area contributed by atoms with E-state index < -0.39 is 0 Å². The maximum atomic E-state index is 9.56. The Morgan fingerprint density at radius 2 is 2.23 bits per heavy atom. The molecule has 1 aliphatic heterocycles. The van der Waals surface area contributed by atoms with Crippen molar-refractivity contribution in [2.24, 2.45) is 5.73 Å². The van der Waals surface area contributed by atoms with Gasteiger partial charge in [-0.1, -0.05) is 6.07 Å². The number of ether oxygens (including phenoxy) is 1. The summed E-state index contributed by atoms with van der Waals surface area (Å²) in [6.45, 7) is 0.533. The molecule has 0 radical (unpaired) electrons. The van der Waals surface area contributed by atoms with Gasteiger partial charge in [0.25, 0.3) is 0 Å². The molecule has 13 heavy (non-hydrogen) atoms. The summed E-state index contributed by atoms with van der Waals surface area (Å²) in [5, 5.41) is 9.56. The number of nitrogen functional groups attached to an aromatic ring is 1. The van der Waals surface area contributed by atoms with Gasteiger partial charge in [0.05, 0.1) is 12.3 Å². The molecule has 0 spiro atoms. The van der Waals surface area contributed by atoms with Gasteiger partial charge < -0.3 is 21.3 Å². The molecule has 0 aromatic heterocycles. The van der Waals surface area contributed by atoms with Crippen LogP contribution in [-0.2, 0) is 0 Å². The Kier molecular flexibility index (Phi) is 1.77. The van der Waals surface area contributed by atoms with Crippen molar-refractivity contribution >= 4 is 5.69 Å². The van der Waals surface area contributed by atoms with Gasteiger partial charge in [-0.25, -0.2) is 0 Å². The molecule has 2 rings (SSSR count). The van der Waals surface area contributed by atoms with Crippen LogP contribution < -0.4 is 16.2 Å². The van der Waals surface area contributed by atoms with Gasteiger partial charge >= 0.3 is 0 Å². The van der Waals surface area contributed by atoms with Crippen molar-refractivity contribution in [2.45, 2.75) is 12.5 Å². The van der Waals surface area contributed by atoms with E-state index in [1.54, 1.807) is 12.1 Å². The summed E-state index contributed by atoms with van der Waals surface area (Å²) in [5.74, 6) is 0.450. The molecule has 0 fully saturated rings. The van der Waals surface area contributed by atoms with Crippen molar-refractivity contribution in [2.75, 3.05) is 12.3 Å². The van der Waals surface area contributed by atoms with Crippen LogP contribution in [0, 0.1) is 0 Å². The Labute approximate surface area is 76.1 Å². The second-order valence-corrected chi connectivity index (χ2v) is 3.17. The van der Waals surface area contributed by atoms with E-state index in [1.165, 1.54) is 0 Å². The molecule has 0 saturated carbocycles. The first-order chi connectivity index (χ1) is 6.20. The third kappa shape index (κ3) is 1.19. The molecule has 1 aromatic rings. The smallest absolute Gasteiger partial charge is 0.181 e. The van der Waals surface area contributed by atoms with E-state index in [9.17, 15) is 5.11 Å². The van der Waals surface area contributed by atoms with Crippen LogP contribution in [0.4, 0.5) is 5.69 Å². The number of hydrogen-bond acceptors (Lipinski definition) is 4. The van der Waals surface area contributed by atoms with Crippen molar-refractivity contribution in [1.29, 1.82) is 0 Å². The lowest BCUT2D eigenvalue weighted by Gasteiger charge is -2.23. The summed E-state index contributed by atoms with van der Waals surface area (Å²) in [7, 11) is 0. The lowest BCUT2D eigenvalue weighted by atomic mass is 10.0. The first-order valence-corrected chi connectivity index (χ1v) is 4.20. The second-order valence-electron chi connectivity index (χ2n) is 3.17. The van der Waals surface area contributed by atoms with E-state index in [2.05, 4.69) is 0 Å². The van der Waals surface area contributed by atoms with Crippen LogP contribution in [0.2, 0.25) is 0 Å². The monoisotopic (exact) mass is 180 g/mol. The first-order valence-electron chi connectivity index (χ1n) is 4.20. The van der Waals surface area contributed by atoms with Crippen LogP contribution in [0.15, 0.2) is 12.1 Å². The number of benzene rings is 1. The van der Waals surface area contributed by atoms with Gasteiger partial charge in [0.1, 0.15) is 0 Å². The first kappa shape index (κ1) is 8.19. The highest BCUT2D eigenvalue weighted by Crippen LogP contribution is 2.41. The number of phenols is 1. The highest BCUT2D eigenvalue weighted by Gasteiger charge is 2.21. The fourth-order valence-electron chi connectivity index (χ4n) is 1.49. The number of anilines is 1. The van der Waals surface area contributed by atoms with Gasteiger partial charge in [-0.3, -0.25) is 0 Å². The summed E-state index contributed by atoms with van der Waals surface area (Å²) < 4.78 is 5.30. The van der Waals surface area contributed by atoms with Gasteiger partial charge in [-0.2, -0.15) is 0 Å². The number of nitrogens with two attached hydrogens (primary N) is 2. The van der Waals surface area contributed by atoms with E-state index in [0.29, 0.717) is 18.0 Å². The molecule has 5 N–H and O–H groups in total. The maximum Gasteiger partial charge on any atom is 0.181 e. The van der Waals surface area contributed by atoms with Crippen LogP contribution in [0.25, 0.3) is 0 Å². The van der Waals surface area contributed by atoms with Crippen molar-refractivity contribution in [1.82, 2.24) is 0 Å². The molecule has 0 saturated heterocycles. The molecule has 0 bridgehead atoms. The largest absolute Gasteiger partial charge is 0.503 e. The molecule has 1 heterocycles. The Hall–Kier alpha value is -1.42. The van der Waals surface area contributed by atoms with E-state index >= 15 is 0 Å². The molecule has 0 amide bonds. The van der Waals surface area contributed by atoms with Gasteiger partial charge in [0.15, 0.2) is 11.5 Å². The lowest BCUT2D eigenvalue weighted by Crippen LogP contribution is -2.20.